The summed E-state index contributed by atoms with van der Waals surface area (Å²) in [5.74, 6) is 1.04. The Hall–Kier alpha value is -1.31. The fourth-order valence-electron chi connectivity index (χ4n) is 1.79. The van der Waals surface area contributed by atoms with Crippen LogP contribution in [-0.2, 0) is 4.79 Å². The second-order valence-electron chi connectivity index (χ2n) is 4.21. The molecule has 0 saturated carbocycles. The molecule has 0 aromatic heterocycles. The van der Waals surface area contributed by atoms with E-state index in [1.807, 2.05) is 19.1 Å². The van der Waals surface area contributed by atoms with Crippen molar-refractivity contribution in [2.45, 2.75) is 6.92 Å². The molecule has 0 bridgehead atoms. The summed E-state index contributed by atoms with van der Waals surface area (Å²) in [6, 6.07) is 3.69. The van der Waals surface area contributed by atoms with Gasteiger partial charge in [0, 0.05) is 0 Å². The Bertz CT molecular complexity index is 658. The van der Waals surface area contributed by atoms with E-state index in [-0.39, 0.29) is 5.91 Å². The maximum absolute atomic E-state index is 11.7. The largest absolute Gasteiger partial charge is 0.490 e. The van der Waals surface area contributed by atoms with Crippen LogP contribution in [0.1, 0.15) is 12.5 Å². The lowest BCUT2D eigenvalue weighted by molar-refractivity contribution is -0.115. The Labute approximate surface area is 147 Å². The number of rotatable bonds is 6. The molecule has 0 atom stereocenters. The molecule has 2 rings (SSSR count). The highest BCUT2D eigenvalue weighted by Crippen LogP contribution is 2.38. The lowest BCUT2D eigenvalue weighted by Gasteiger charge is -2.13. The minimum Gasteiger partial charge on any atom is -0.490 e. The molecule has 1 aromatic rings. The molecule has 1 aliphatic heterocycles. The van der Waals surface area contributed by atoms with Crippen LogP contribution in [0, 0.1) is 0 Å². The van der Waals surface area contributed by atoms with E-state index in [4.69, 9.17) is 21.7 Å². The molecule has 1 aliphatic rings. The highest BCUT2D eigenvalue weighted by molar-refractivity contribution is 9.10. The molecular formula is C15H14BrNO3S2. The van der Waals surface area contributed by atoms with E-state index in [1.165, 1.54) is 11.8 Å². The number of ether oxygens (including phenoxy) is 2. The monoisotopic (exact) mass is 399 g/mol. The van der Waals surface area contributed by atoms with Crippen molar-refractivity contribution in [3.63, 3.8) is 0 Å². The van der Waals surface area contributed by atoms with Crippen LogP contribution < -0.4 is 14.8 Å². The molecule has 1 amide bonds. The molecule has 1 heterocycles. The Balaban J connectivity index is 2.37. The van der Waals surface area contributed by atoms with Gasteiger partial charge < -0.3 is 14.8 Å². The molecule has 1 aromatic carbocycles. The molecule has 1 N–H and O–H groups in total. The first-order valence-electron chi connectivity index (χ1n) is 6.50. The van der Waals surface area contributed by atoms with Crippen molar-refractivity contribution in [1.29, 1.82) is 0 Å². The van der Waals surface area contributed by atoms with Crippen LogP contribution in [0.15, 0.2) is 34.2 Å². The van der Waals surface area contributed by atoms with E-state index in [2.05, 4.69) is 27.8 Å². The zero-order chi connectivity index (χ0) is 16.1. The number of carbonyl (C=O) groups is 1. The molecule has 0 aliphatic carbocycles. The van der Waals surface area contributed by atoms with Gasteiger partial charge >= 0.3 is 0 Å². The van der Waals surface area contributed by atoms with Gasteiger partial charge in [0.25, 0.3) is 5.91 Å². The molecule has 0 radical (unpaired) electrons. The number of thioether (sulfide) groups is 1. The van der Waals surface area contributed by atoms with Crippen molar-refractivity contribution in [2.24, 2.45) is 0 Å². The number of carbonyl (C=O) groups excluding carboxylic acids is 1. The minimum absolute atomic E-state index is 0.184. The zero-order valence-electron chi connectivity index (χ0n) is 11.8. The first-order chi connectivity index (χ1) is 10.5. The van der Waals surface area contributed by atoms with Crippen molar-refractivity contribution in [2.75, 3.05) is 13.2 Å². The minimum atomic E-state index is -0.184. The quantitative estimate of drug-likeness (QED) is 0.446. The molecule has 116 valence electrons. The second kappa shape index (κ2) is 7.80. The number of benzene rings is 1. The first-order valence-corrected chi connectivity index (χ1v) is 8.51. The molecule has 0 spiro atoms. The maximum Gasteiger partial charge on any atom is 0.263 e. The van der Waals surface area contributed by atoms with Gasteiger partial charge in [0.05, 0.1) is 16.0 Å². The van der Waals surface area contributed by atoms with E-state index in [9.17, 15) is 4.79 Å². The summed E-state index contributed by atoms with van der Waals surface area (Å²) in [7, 11) is 0. The van der Waals surface area contributed by atoms with Gasteiger partial charge in [-0.2, -0.15) is 0 Å². The highest BCUT2D eigenvalue weighted by atomic mass is 79.9. The van der Waals surface area contributed by atoms with Crippen LogP contribution in [0.25, 0.3) is 6.08 Å². The fraction of sp³-hybridized carbons (Fsp3) is 0.200. The second-order valence-corrected chi connectivity index (χ2v) is 6.79. The Morgan fingerprint density at radius 1 is 1.45 bits per heavy atom. The van der Waals surface area contributed by atoms with E-state index < -0.39 is 0 Å². The van der Waals surface area contributed by atoms with E-state index >= 15 is 0 Å². The highest BCUT2D eigenvalue weighted by Gasteiger charge is 2.22. The third-order valence-electron chi connectivity index (χ3n) is 2.62. The fourth-order valence-corrected chi connectivity index (χ4v) is 3.41. The third kappa shape index (κ3) is 4.12. The summed E-state index contributed by atoms with van der Waals surface area (Å²) < 4.78 is 12.4. The number of nitrogens with one attached hydrogen (secondary N) is 1. The number of amides is 1. The van der Waals surface area contributed by atoms with Crippen molar-refractivity contribution in [1.82, 2.24) is 5.32 Å². The number of hydrogen-bond acceptors (Lipinski definition) is 5. The van der Waals surface area contributed by atoms with Crippen LogP contribution in [-0.4, -0.2) is 23.4 Å². The summed E-state index contributed by atoms with van der Waals surface area (Å²) in [4.78, 5) is 12.3. The van der Waals surface area contributed by atoms with Gasteiger partial charge in [-0.3, -0.25) is 4.79 Å². The summed E-state index contributed by atoms with van der Waals surface area (Å²) >= 11 is 9.69. The van der Waals surface area contributed by atoms with Gasteiger partial charge in [-0.25, -0.2) is 0 Å². The average molecular weight is 400 g/mol. The van der Waals surface area contributed by atoms with Crippen molar-refractivity contribution >= 4 is 56.2 Å². The standard InChI is InChI=1S/C15H14BrNO3S2/c1-3-5-20-13-10(16)6-9(7-11(13)19-4-2)8-12-14(18)17-15(21)22-12/h3,6-8H,1,4-5H2,2H3,(H,17,18,21)/b12-8-. The van der Waals surface area contributed by atoms with Gasteiger partial charge in [0.15, 0.2) is 11.5 Å². The normalized spacial score (nSPS) is 15.8. The molecule has 0 unspecified atom stereocenters. The van der Waals surface area contributed by atoms with Gasteiger partial charge in [-0.15, -0.1) is 0 Å². The predicted octanol–water partition coefficient (Wildman–Crippen LogP) is 3.90. The smallest absolute Gasteiger partial charge is 0.263 e. The molecule has 1 fully saturated rings. The molecule has 22 heavy (non-hydrogen) atoms. The van der Waals surface area contributed by atoms with Gasteiger partial charge in [-0.05, 0) is 46.6 Å². The SMILES string of the molecule is C=CCOc1c(Br)cc(/C=C2\SC(=S)NC2=O)cc1OCC. The number of hydrogen-bond donors (Lipinski definition) is 1. The van der Waals surface area contributed by atoms with Crippen molar-refractivity contribution < 1.29 is 14.3 Å². The van der Waals surface area contributed by atoms with Gasteiger partial charge in [0.1, 0.15) is 10.9 Å². The summed E-state index contributed by atoms with van der Waals surface area (Å²) in [5, 5.41) is 2.59. The lowest BCUT2D eigenvalue weighted by Crippen LogP contribution is -2.17. The third-order valence-corrected chi connectivity index (χ3v) is 4.37. The summed E-state index contributed by atoms with van der Waals surface area (Å²) in [6.07, 6.45) is 3.43. The van der Waals surface area contributed by atoms with E-state index in [1.54, 1.807) is 12.2 Å². The first kappa shape index (κ1) is 17.1. The topological polar surface area (TPSA) is 47.6 Å². The molecule has 7 heteroatoms. The van der Waals surface area contributed by atoms with Crippen LogP contribution in [0.3, 0.4) is 0 Å². The number of halogens is 1. The predicted molar refractivity (Wildman–Crippen MR) is 97.3 cm³/mol. The Morgan fingerprint density at radius 2 is 2.23 bits per heavy atom. The average Bonchev–Trinajstić information content (AvgIpc) is 2.76. The summed E-state index contributed by atoms with van der Waals surface area (Å²) in [6.45, 7) is 6.42. The van der Waals surface area contributed by atoms with Crippen molar-refractivity contribution in [3.05, 3.63) is 39.7 Å². The molecule has 1 saturated heterocycles. The molecule has 4 nitrogen and oxygen atoms in total. The number of thiocarbonyl (C=S) groups is 1. The Morgan fingerprint density at radius 3 is 2.82 bits per heavy atom. The lowest BCUT2D eigenvalue weighted by atomic mass is 10.2. The summed E-state index contributed by atoms with van der Waals surface area (Å²) in [5.41, 5.74) is 0.823. The van der Waals surface area contributed by atoms with Crippen LogP contribution >= 0.6 is 39.9 Å². The zero-order valence-corrected chi connectivity index (χ0v) is 15.1. The van der Waals surface area contributed by atoms with Crippen LogP contribution in [0.4, 0.5) is 0 Å². The maximum atomic E-state index is 11.7. The van der Waals surface area contributed by atoms with E-state index in [0.717, 1.165) is 10.0 Å². The van der Waals surface area contributed by atoms with Crippen LogP contribution in [0.2, 0.25) is 0 Å². The van der Waals surface area contributed by atoms with Gasteiger partial charge in [-0.1, -0.05) is 36.6 Å². The van der Waals surface area contributed by atoms with Gasteiger partial charge in [0.2, 0.25) is 0 Å². The molecular weight excluding hydrogens is 386 g/mol. The van der Waals surface area contributed by atoms with Crippen molar-refractivity contribution in [3.8, 4) is 11.5 Å². The van der Waals surface area contributed by atoms with E-state index in [0.29, 0.717) is 33.9 Å². The van der Waals surface area contributed by atoms with Crippen LogP contribution in [0.5, 0.6) is 11.5 Å². The Kier molecular flexibility index (Phi) is 6.05.